The van der Waals surface area contributed by atoms with Crippen LogP contribution in [-0.2, 0) is 29.0 Å². The van der Waals surface area contributed by atoms with Gasteiger partial charge in [-0.1, -0.05) is 6.07 Å². The van der Waals surface area contributed by atoms with E-state index in [1.54, 1.807) is 6.92 Å². The van der Waals surface area contributed by atoms with Crippen molar-refractivity contribution in [3.63, 3.8) is 0 Å². The van der Waals surface area contributed by atoms with Crippen molar-refractivity contribution in [1.29, 1.82) is 0 Å². The number of amides is 1. The molecule has 1 amide bonds. The maximum atomic E-state index is 12.3. The molecule has 2 aliphatic heterocycles. The number of fused-ring (bicyclic) bond motifs is 1. The van der Waals surface area contributed by atoms with Gasteiger partial charge in [-0.3, -0.25) is 14.5 Å². The number of hydrogen-bond acceptors (Lipinski definition) is 5. The highest BCUT2D eigenvalue weighted by Crippen LogP contribution is 2.25. The molecule has 2 aliphatic rings. The van der Waals surface area contributed by atoms with E-state index in [0.29, 0.717) is 6.61 Å². The van der Waals surface area contributed by atoms with Gasteiger partial charge >= 0.3 is 0 Å². The quantitative estimate of drug-likeness (QED) is 0.800. The van der Waals surface area contributed by atoms with Crippen molar-refractivity contribution in [2.24, 2.45) is 0 Å². The van der Waals surface area contributed by atoms with Crippen LogP contribution in [0.25, 0.3) is 0 Å². The van der Waals surface area contributed by atoms with E-state index in [2.05, 4.69) is 27.7 Å². The van der Waals surface area contributed by atoms with E-state index in [-0.39, 0.29) is 17.8 Å². The van der Waals surface area contributed by atoms with E-state index in [1.807, 2.05) is 12.1 Å². The van der Waals surface area contributed by atoms with Gasteiger partial charge in [0.2, 0.25) is 0 Å². The first kappa shape index (κ1) is 18.3. The Balaban J connectivity index is 1.41. The number of carbonyl (C=O) groups excluding carboxylic acids is 2. The number of nitrogens with zero attached hydrogens (tertiary/aromatic N) is 1. The third kappa shape index (κ3) is 4.29. The molecule has 3 heterocycles. The van der Waals surface area contributed by atoms with E-state index in [0.717, 1.165) is 49.5 Å². The van der Waals surface area contributed by atoms with Crippen LogP contribution in [0.4, 0.5) is 5.69 Å². The van der Waals surface area contributed by atoms with Crippen molar-refractivity contribution < 1.29 is 14.3 Å². The Morgan fingerprint density at radius 3 is 2.93 bits per heavy atom. The van der Waals surface area contributed by atoms with Crippen molar-refractivity contribution in [3.8, 4) is 0 Å². The lowest BCUT2D eigenvalue weighted by atomic mass is 9.98. The summed E-state index contributed by atoms with van der Waals surface area (Å²) >= 11 is 1.52. The topological polar surface area (TPSA) is 58.6 Å². The Hall–Kier alpha value is -2.02. The molecule has 0 aliphatic carbocycles. The van der Waals surface area contributed by atoms with Gasteiger partial charge in [0.1, 0.15) is 6.10 Å². The second-order valence-electron chi connectivity index (χ2n) is 7.31. The molecule has 1 atom stereocenters. The number of anilines is 1. The normalized spacial score (nSPS) is 19.7. The largest absolute Gasteiger partial charge is 0.368 e. The van der Waals surface area contributed by atoms with Gasteiger partial charge in [-0.05, 0) is 66.5 Å². The minimum absolute atomic E-state index is 0.0462. The SMILES string of the molecule is CC(=O)c1cc(CN2CCc3ccc(NC(=O)C4CCCO4)cc3C2)cs1. The molecule has 142 valence electrons. The molecule has 2 aromatic rings. The minimum Gasteiger partial charge on any atom is -0.368 e. The molecule has 1 N–H and O–H groups in total. The third-order valence-corrected chi connectivity index (χ3v) is 6.27. The Kier molecular flexibility index (Phi) is 5.38. The summed E-state index contributed by atoms with van der Waals surface area (Å²) in [5.74, 6) is 0.0806. The number of ether oxygens (including phenoxy) is 1. The monoisotopic (exact) mass is 384 g/mol. The van der Waals surface area contributed by atoms with Gasteiger partial charge in [0.05, 0.1) is 4.88 Å². The van der Waals surface area contributed by atoms with Gasteiger partial charge in [0.15, 0.2) is 5.78 Å². The average molecular weight is 385 g/mol. The average Bonchev–Trinajstić information content (AvgIpc) is 3.33. The van der Waals surface area contributed by atoms with Crippen molar-refractivity contribution >= 4 is 28.7 Å². The maximum absolute atomic E-state index is 12.3. The summed E-state index contributed by atoms with van der Waals surface area (Å²) in [7, 11) is 0. The zero-order valence-electron chi connectivity index (χ0n) is 15.5. The number of carbonyl (C=O) groups is 2. The predicted octanol–water partition coefficient (Wildman–Crippen LogP) is 3.63. The molecule has 27 heavy (non-hydrogen) atoms. The van der Waals surface area contributed by atoms with Crippen LogP contribution in [0.3, 0.4) is 0 Å². The Bertz CT molecular complexity index is 855. The van der Waals surface area contributed by atoms with Crippen LogP contribution in [0.2, 0.25) is 0 Å². The zero-order chi connectivity index (χ0) is 18.8. The second-order valence-corrected chi connectivity index (χ2v) is 8.22. The molecule has 5 nitrogen and oxygen atoms in total. The summed E-state index contributed by atoms with van der Waals surface area (Å²) in [6, 6.07) is 8.19. The van der Waals surface area contributed by atoms with E-state index in [4.69, 9.17) is 4.74 Å². The molecule has 1 saturated heterocycles. The van der Waals surface area contributed by atoms with E-state index < -0.39 is 0 Å². The Morgan fingerprint density at radius 2 is 2.19 bits per heavy atom. The van der Waals surface area contributed by atoms with Crippen molar-refractivity contribution in [3.05, 3.63) is 51.2 Å². The number of benzene rings is 1. The van der Waals surface area contributed by atoms with E-state index in [1.165, 1.54) is 28.0 Å². The maximum Gasteiger partial charge on any atom is 0.253 e. The summed E-state index contributed by atoms with van der Waals surface area (Å²) in [6.45, 7) is 4.98. The highest BCUT2D eigenvalue weighted by molar-refractivity contribution is 7.12. The Morgan fingerprint density at radius 1 is 1.30 bits per heavy atom. The van der Waals surface area contributed by atoms with Crippen LogP contribution in [0.1, 0.15) is 46.1 Å². The molecule has 0 spiro atoms. The lowest BCUT2D eigenvalue weighted by molar-refractivity contribution is -0.124. The van der Waals surface area contributed by atoms with E-state index >= 15 is 0 Å². The molecule has 1 fully saturated rings. The molecule has 1 aromatic heterocycles. The molecule has 0 radical (unpaired) electrons. The summed E-state index contributed by atoms with van der Waals surface area (Å²) in [6.07, 6.45) is 2.43. The van der Waals surface area contributed by atoms with Crippen LogP contribution >= 0.6 is 11.3 Å². The molecule has 0 saturated carbocycles. The van der Waals surface area contributed by atoms with Gasteiger partial charge in [-0.25, -0.2) is 0 Å². The van der Waals surface area contributed by atoms with E-state index in [9.17, 15) is 9.59 Å². The second kappa shape index (κ2) is 7.92. The molecule has 1 unspecified atom stereocenters. The first-order valence-electron chi connectivity index (χ1n) is 9.43. The predicted molar refractivity (Wildman–Crippen MR) is 106 cm³/mol. The van der Waals surface area contributed by atoms with Crippen molar-refractivity contribution in [2.75, 3.05) is 18.5 Å². The fourth-order valence-electron chi connectivity index (χ4n) is 3.74. The summed E-state index contributed by atoms with van der Waals surface area (Å²) < 4.78 is 5.46. The number of ketones is 1. The summed E-state index contributed by atoms with van der Waals surface area (Å²) in [4.78, 5) is 27.0. The first-order chi connectivity index (χ1) is 13.1. The minimum atomic E-state index is -0.313. The molecule has 4 rings (SSSR count). The van der Waals surface area contributed by atoms with Crippen LogP contribution < -0.4 is 5.32 Å². The lowest BCUT2D eigenvalue weighted by Gasteiger charge is -2.29. The van der Waals surface area contributed by atoms with Crippen LogP contribution in [-0.4, -0.2) is 35.8 Å². The highest BCUT2D eigenvalue weighted by atomic mass is 32.1. The lowest BCUT2D eigenvalue weighted by Crippen LogP contribution is -2.30. The first-order valence-corrected chi connectivity index (χ1v) is 10.3. The summed E-state index contributed by atoms with van der Waals surface area (Å²) in [5.41, 5.74) is 4.63. The fraction of sp³-hybridized carbons (Fsp3) is 0.429. The van der Waals surface area contributed by atoms with Crippen LogP contribution in [0.5, 0.6) is 0 Å². The smallest absolute Gasteiger partial charge is 0.253 e. The van der Waals surface area contributed by atoms with Gasteiger partial charge in [0.25, 0.3) is 5.91 Å². The fourth-order valence-corrected chi connectivity index (χ4v) is 4.54. The number of hydrogen-bond donors (Lipinski definition) is 1. The number of thiophene rings is 1. The number of nitrogens with one attached hydrogen (secondary N) is 1. The molecule has 6 heteroatoms. The summed E-state index contributed by atoms with van der Waals surface area (Å²) in [5, 5.41) is 5.07. The van der Waals surface area contributed by atoms with Crippen LogP contribution in [0.15, 0.2) is 29.6 Å². The molecular weight excluding hydrogens is 360 g/mol. The van der Waals surface area contributed by atoms with Gasteiger partial charge in [0, 0.05) is 31.9 Å². The molecular formula is C21H24N2O3S. The van der Waals surface area contributed by atoms with Gasteiger partial charge in [-0.2, -0.15) is 0 Å². The van der Waals surface area contributed by atoms with Crippen LogP contribution in [0, 0.1) is 0 Å². The van der Waals surface area contributed by atoms with Crippen molar-refractivity contribution in [2.45, 2.75) is 45.4 Å². The standard InChI is InChI=1S/C21H24N2O3S/c1-14(24)20-9-15(13-27-20)11-23-7-6-16-4-5-18(10-17(16)12-23)22-21(25)19-3-2-8-26-19/h4-5,9-10,13,19H,2-3,6-8,11-12H2,1H3,(H,22,25). The Labute approximate surface area is 163 Å². The number of rotatable bonds is 5. The number of Topliss-reactive ketones (excluding diaryl/α,β-unsaturated/α-hetero) is 1. The third-order valence-electron chi connectivity index (χ3n) is 5.19. The van der Waals surface area contributed by atoms with Gasteiger partial charge in [-0.15, -0.1) is 11.3 Å². The molecule has 1 aromatic carbocycles. The van der Waals surface area contributed by atoms with Gasteiger partial charge < -0.3 is 10.1 Å². The molecule has 0 bridgehead atoms. The van der Waals surface area contributed by atoms with Crippen molar-refractivity contribution in [1.82, 2.24) is 4.90 Å². The zero-order valence-corrected chi connectivity index (χ0v) is 16.3. The highest BCUT2D eigenvalue weighted by Gasteiger charge is 2.24.